The number of hydrogen-bond donors (Lipinski definition) is 2. The molecule has 0 aliphatic carbocycles. The average Bonchev–Trinajstić information content (AvgIpc) is 3.03. The van der Waals surface area contributed by atoms with E-state index in [0.717, 1.165) is 12.1 Å². The minimum Gasteiger partial charge on any atom is -0.306 e. The number of anilines is 1. The number of rotatable bonds is 3. The van der Waals surface area contributed by atoms with Crippen LogP contribution in [0.4, 0.5) is 10.2 Å². The van der Waals surface area contributed by atoms with Crippen molar-refractivity contribution in [1.82, 2.24) is 19.7 Å². The first kappa shape index (κ1) is 20.7. The van der Waals surface area contributed by atoms with Gasteiger partial charge in [-0.3, -0.25) is 14.6 Å². The van der Waals surface area contributed by atoms with Crippen LogP contribution in [-0.2, 0) is 5.41 Å². The Kier molecular flexibility index (Phi) is 5.32. The molecule has 1 aromatic carbocycles. The first-order valence-corrected chi connectivity index (χ1v) is 9.30. The lowest BCUT2D eigenvalue weighted by molar-refractivity contribution is 0.102. The molecule has 0 saturated heterocycles. The zero-order valence-corrected chi connectivity index (χ0v) is 17.5. The summed E-state index contributed by atoms with van der Waals surface area (Å²) < 4.78 is 14.7. The Labute approximate surface area is 171 Å². The van der Waals surface area contributed by atoms with Crippen LogP contribution < -0.4 is 10.9 Å². The Balaban J connectivity index is 2.09. The number of amides is 1. The van der Waals surface area contributed by atoms with Gasteiger partial charge in [-0.2, -0.15) is 9.78 Å². The fourth-order valence-electron chi connectivity index (χ4n) is 2.59. The topological polar surface area (TPSA) is 92.7 Å². The maximum Gasteiger partial charge on any atom is 0.258 e. The number of carbonyl (C=O) groups excluding carboxylic acids is 1. The van der Waals surface area contributed by atoms with Gasteiger partial charge >= 0.3 is 0 Å². The van der Waals surface area contributed by atoms with Crippen LogP contribution in [0.5, 0.6) is 0 Å². The van der Waals surface area contributed by atoms with E-state index in [1.54, 1.807) is 19.9 Å². The summed E-state index contributed by atoms with van der Waals surface area (Å²) in [6, 6.07) is 5.22. The molecular weight excluding hydrogens is 397 g/mol. The molecule has 152 valence electrons. The minimum absolute atomic E-state index is 0.0117. The number of nitrogens with one attached hydrogen (secondary N) is 2. The molecule has 0 aliphatic heterocycles. The minimum atomic E-state index is -0.539. The molecule has 3 rings (SSSR count). The van der Waals surface area contributed by atoms with Crippen molar-refractivity contribution < 1.29 is 9.18 Å². The lowest BCUT2D eigenvalue weighted by Crippen LogP contribution is -2.21. The largest absolute Gasteiger partial charge is 0.306 e. The number of H-pyrrole nitrogens is 1. The Morgan fingerprint density at radius 2 is 1.93 bits per heavy atom. The molecule has 3 aromatic rings. The number of benzene rings is 1. The smallest absolute Gasteiger partial charge is 0.258 e. The highest BCUT2D eigenvalue weighted by atomic mass is 35.5. The van der Waals surface area contributed by atoms with E-state index < -0.39 is 11.7 Å². The second-order valence-corrected chi connectivity index (χ2v) is 8.16. The third kappa shape index (κ3) is 4.22. The van der Waals surface area contributed by atoms with Crippen LogP contribution in [-0.4, -0.2) is 25.7 Å². The molecule has 1 amide bonds. The van der Waals surface area contributed by atoms with Gasteiger partial charge in [-0.25, -0.2) is 9.37 Å². The molecule has 29 heavy (non-hydrogen) atoms. The van der Waals surface area contributed by atoms with Crippen molar-refractivity contribution in [1.29, 1.82) is 0 Å². The third-order valence-electron chi connectivity index (χ3n) is 4.48. The summed E-state index contributed by atoms with van der Waals surface area (Å²) >= 11 is 6.00. The van der Waals surface area contributed by atoms with E-state index in [4.69, 9.17) is 11.6 Å². The Hall–Kier alpha value is -3.00. The van der Waals surface area contributed by atoms with E-state index in [0.29, 0.717) is 22.8 Å². The molecule has 2 aromatic heterocycles. The van der Waals surface area contributed by atoms with Crippen molar-refractivity contribution in [2.75, 3.05) is 5.32 Å². The predicted octanol–water partition coefficient (Wildman–Crippen LogP) is 3.91. The van der Waals surface area contributed by atoms with Crippen molar-refractivity contribution in [3.05, 3.63) is 68.0 Å². The van der Waals surface area contributed by atoms with Gasteiger partial charge in [-0.1, -0.05) is 32.4 Å². The Morgan fingerprint density at radius 3 is 2.52 bits per heavy atom. The Bertz CT molecular complexity index is 1160. The number of aromatic nitrogens is 4. The van der Waals surface area contributed by atoms with Crippen molar-refractivity contribution in [3.8, 4) is 5.95 Å². The summed E-state index contributed by atoms with van der Waals surface area (Å²) in [6.45, 7) is 9.31. The highest BCUT2D eigenvalue weighted by Crippen LogP contribution is 2.26. The van der Waals surface area contributed by atoms with Crippen LogP contribution in [0.3, 0.4) is 0 Å². The van der Waals surface area contributed by atoms with Gasteiger partial charge in [0.25, 0.3) is 11.5 Å². The van der Waals surface area contributed by atoms with E-state index in [1.807, 2.05) is 20.8 Å². The summed E-state index contributed by atoms with van der Waals surface area (Å²) in [5.74, 6) is -0.605. The Morgan fingerprint density at radius 1 is 1.24 bits per heavy atom. The molecule has 7 nitrogen and oxygen atoms in total. The maximum absolute atomic E-state index is 13.3. The molecule has 0 spiro atoms. The second kappa shape index (κ2) is 7.44. The van der Waals surface area contributed by atoms with Gasteiger partial charge in [-0.15, -0.1) is 0 Å². The van der Waals surface area contributed by atoms with Gasteiger partial charge in [0.1, 0.15) is 11.6 Å². The van der Waals surface area contributed by atoms with Gasteiger partial charge in [0.15, 0.2) is 0 Å². The lowest BCUT2D eigenvalue weighted by Gasteiger charge is -2.14. The zero-order valence-electron chi connectivity index (χ0n) is 16.7. The normalized spacial score (nSPS) is 11.6. The van der Waals surface area contributed by atoms with Crippen molar-refractivity contribution in [2.45, 2.75) is 40.0 Å². The molecule has 9 heteroatoms. The highest BCUT2D eigenvalue weighted by molar-refractivity contribution is 6.34. The summed E-state index contributed by atoms with van der Waals surface area (Å²) in [7, 11) is 0. The van der Waals surface area contributed by atoms with E-state index in [-0.39, 0.29) is 27.5 Å². The summed E-state index contributed by atoms with van der Waals surface area (Å²) in [5, 5.41) is 7.24. The van der Waals surface area contributed by atoms with Crippen molar-refractivity contribution >= 4 is 23.3 Å². The maximum atomic E-state index is 13.3. The van der Waals surface area contributed by atoms with E-state index in [9.17, 15) is 14.0 Å². The van der Waals surface area contributed by atoms with Gasteiger partial charge in [0, 0.05) is 22.7 Å². The highest BCUT2D eigenvalue weighted by Gasteiger charge is 2.23. The fourth-order valence-corrected chi connectivity index (χ4v) is 2.84. The van der Waals surface area contributed by atoms with E-state index in [1.165, 1.54) is 10.7 Å². The molecule has 2 N–H and O–H groups in total. The van der Waals surface area contributed by atoms with Gasteiger partial charge in [0.05, 0.1) is 16.3 Å². The monoisotopic (exact) mass is 417 g/mol. The van der Waals surface area contributed by atoms with Crippen molar-refractivity contribution in [2.24, 2.45) is 0 Å². The second-order valence-electron chi connectivity index (χ2n) is 7.75. The standard InChI is InChI=1S/C20H21ClFN5O2/c1-10-11(2)23-19(25-17(10)28)27-16(9-15(26-27)20(3,4)5)24-18(29)13-7-6-12(22)8-14(13)21/h6-9H,1-5H3,(H,24,29)(H,23,25,28). The first-order chi connectivity index (χ1) is 13.5. The molecule has 0 fully saturated rings. The molecule has 0 aliphatic rings. The first-order valence-electron chi connectivity index (χ1n) is 8.92. The number of aromatic amines is 1. The van der Waals surface area contributed by atoms with Crippen LogP contribution in [0.15, 0.2) is 29.1 Å². The molecule has 0 bridgehead atoms. The molecule has 0 unspecified atom stereocenters. The number of hydrogen-bond acceptors (Lipinski definition) is 4. The van der Waals surface area contributed by atoms with E-state index in [2.05, 4.69) is 20.4 Å². The van der Waals surface area contributed by atoms with Crippen LogP contribution in [0.1, 0.15) is 48.1 Å². The van der Waals surface area contributed by atoms with Gasteiger partial charge in [-0.05, 0) is 32.0 Å². The number of halogens is 2. The molecular formula is C20H21ClFN5O2. The van der Waals surface area contributed by atoms with E-state index >= 15 is 0 Å². The SMILES string of the molecule is Cc1nc(-n2nc(C(C)(C)C)cc2NC(=O)c2ccc(F)cc2Cl)[nH]c(=O)c1C. The third-order valence-corrected chi connectivity index (χ3v) is 4.79. The number of nitrogens with zero attached hydrogens (tertiary/aromatic N) is 3. The number of carbonyl (C=O) groups is 1. The molecule has 0 radical (unpaired) electrons. The molecule has 0 atom stereocenters. The summed E-state index contributed by atoms with van der Waals surface area (Å²) in [5.41, 5.74) is 1.23. The average molecular weight is 418 g/mol. The number of aryl methyl sites for hydroxylation is 1. The van der Waals surface area contributed by atoms with Crippen LogP contribution in [0.25, 0.3) is 5.95 Å². The quantitative estimate of drug-likeness (QED) is 0.675. The van der Waals surface area contributed by atoms with Gasteiger partial charge in [0.2, 0.25) is 5.95 Å². The van der Waals surface area contributed by atoms with Crippen LogP contribution in [0, 0.1) is 19.7 Å². The predicted molar refractivity (Wildman–Crippen MR) is 110 cm³/mol. The zero-order chi connectivity index (χ0) is 21.5. The lowest BCUT2D eigenvalue weighted by atomic mass is 9.92. The van der Waals surface area contributed by atoms with Crippen molar-refractivity contribution in [3.63, 3.8) is 0 Å². The van der Waals surface area contributed by atoms with Crippen LogP contribution >= 0.6 is 11.6 Å². The molecule has 2 heterocycles. The molecule has 0 saturated carbocycles. The fraction of sp³-hybridized carbons (Fsp3) is 0.300. The van der Waals surface area contributed by atoms with Gasteiger partial charge < -0.3 is 5.32 Å². The van der Waals surface area contributed by atoms with Crippen LogP contribution in [0.2, 0.25) is 5.02 Å². The summed E-state index contributed by atoms with van der Waals surface area (Å²) in [4.78, 5) is 32.0. The summed E-state index contributed by atoms with van der Waals surface area (Å²) in [6.07, 6.45) is 0.